The van der Waals surface area contributed by atoms with E-state index >= 15 is 0 Å². The summed E-state index contributed by atoms with van der Waals surface area (Å²) in [6, 6.07) is 3.90. The summed E-state index contributed by atoms with van der Waals surface area (Å²) >= 11 is 0. The van der Waals surface area contributed by atoms with Gasteiger partial charge in [0, 0.05) is 14.1 Å². The Balaban J connectivity index is 1.52. The van der Waals surface area contributed by atoms with E-state index in [2.05, 4.69) is 21.3 Å². The SMILES string of the molecule is CN(C)C(=O)[C@@H](NC(=O)CNC(=O)C(=O)[C@@H](CC1CCC1)NC(=O)[C@@H]1[C@H]2OC(C)(C)O[C@H]2CN1C(=O)[C@@H](NC(=O)OC(C)(C)C)C(C)(C)C)c1ccccc1. The number of hydrogen-bond donors (Lipinski definition) is 4. The third kappa shape index (κ3) is 11.2. The molecule has 3 fully saturated rings. The minimum atomic E-state index is -1.28. The van der Waals surface area contributed by atoms with Gasteiger partial charge in [0.2, 0.25) is 29.4 Å². The lowest BCUT2D eigenvalue weighted by atomic mass is 9.80. The van der Waals surface area contributed by atoms with Crippen molar-refractivity contribution in [2.24, 2.45) is 11.3 Å². The number of amides is 6. The Morgan fingerprint density at radius 2 is 1.56 bits per heavy atom. The fraction of sp³-hybridized carbons (Fsp3) is 0.667. The first-order valence-corrected chi connectivity index (χ1v) is 18.8. The van der Waals surface area contributed by atoms with Crippen LogP contribution < -0.4 is 21.3 Å². The number of likely N-dealkylation sites (N-methyl/N-ethyl adjacent to an activating group) is 1. The number of alkyl carbamates (subject to hydrolysis) is 1. The molecule has 0 aromatic heterocycles. The van der Waals surface area contributed by atoms with Gasteiger partial charge in [0.05, 0.1) is 19.1 Å². The number of carbonyl (C=O) groups is 7. The molecular formula is C39H58N6O10. The van der Waals surface area contributed by atoms with Gasteiger partial charge in [-0.2, -0.15) is 0 Å². The molecule has 1 aromatic carbocycles. The Bertz CT molecular complexity index is 1610. The summed E-state index contributed by atoms with van der Waals surface area (Å²) in [6.45, 7) is 13.1. The molecule has 0 spiro atoms. The Kier molecular flexibility index (Phi) is 13.4. The second kappa shape index (κ2) is 17.1. The predicted octanol–water partition coefficient (Wildman–Crippen LogP) is 1.96. The van der Waals surface area contributed by atoms with Gasteiger partial charge in [-0.25, -0.2) is 4.79 Å². The number of nitrogens with one attached hydrogen (secondary N) is 4. The van der Waals surface area contributed by atoms with Crippen LogP contribution in [0.4, 0.5) is 4.79 Å². The second-order valence-corrected chi connectivity index (χ2v) is 17.3. The van der Waals surface area contributed by atoms with Gasteiger partial charge >= 0.3 is 6.09 Å². The fourth-order valence-corrected chi connectivity index (χ4v) is 6.87. The molecule has 3 aliphatic rings. The lowest BCUT2D eigenvalue weighted by molar-refractivity contribution is -0.171. The summed E-state index contributed by atoms with van der Waals surface area (Å²) in [5.74, 6) is -5.47. The summed E-state index contributed by atoms with van der Waals surface area (Å²) < 4.78 is 17.6. The molecule has 4 rings (SSSR count). The molecule has 2 saturated heterocycles. The number of benzene rings is 1. The van der Waals surface area contributed by atoms with Gasteiger partial charge in [-0.1, -0.05) is 70.4 Å². The molecule has 4 N–H and O–H groups in total. The van der Waals surface area contributed by atoms with Crippen LogP contribution in [0.1, 0.15) is 92.7 Å². The molecule has 1 aliphatic carbocycles. The number of likely N-dealkylation sites (tertiary alicyclic amines) is 1. The van der Waals surface area contributed by atoms with Gasteiger partial charge in [-0.3, -0.25) is 28.8 Å². The maximum absolute atomic E-state index is 14.3. The average molecular weight is 771 g/mol. The molecule has 6 atom stereocenters. The van der Waals surface area contributed by atoms with Crippen LogP contribution in [0.25, 0.3) is 0 Å². The van der Waals surface area contributed by atoms with E-state index < -0.39 is 95.2 Å². The third-order valence-electron chi connectivity index (χ3n) is 9.76. The number of rotatable bonds is 13. The number of carbonyl (C=O) groups excluding carboxylic acids is 7. The molecule has 304 valence electrons. The zero-order valence-corrected chi connectivity index (χ0v) is 33.6. The zero-order chi connectivity index (χ0) is 41.0. The third-order valence-corrected chi connectivity index (χ3v) is 9.76. The van der Waals surface area contributed by atoms with Crippen molar-refractivity contribution in [2.45, 2.75) is 129 Å². The molecular weight excluding hydrogens is 712 g/mol. The van der Waals surface area contributed by atoms with Crippen LogP contribution in [0.15, 0.2) is 30.3 Å². The van der Waals surface area contributed by atoms with Gasteiger partial charge in [-0.05, 0) is 57.9 Å². The highest BCUT2D eigenvalue weighted by Crippen LogP contribution is 2.38. The van der Waals surface area contributed by atoms with Crippen molar-refractivity contribution in [3.63, 3.8) is 0 Å². The summed E-state index contributed by atoms with van der Waals surface area (Å²) in [6.07, 6.45) is 0.295. The van der Waals surface area contributed by atoms with Crippen molar-refractivity contribution in [1.82, 2.24) is 31.1 Å². The van der Waals surface area contributed by atoms with Crippen molar-refractivity contribution >= 4 is 41.4 Å². The molecule has 0 bridgehead atoms. The van der Waals surface area contributed by atoms with E-state index in [4.69, 9.17) is 14.2 Å². The fourth-order valence-electron chi connectivity index (χ4n) is 6.87. The van der Waals surface area contributed by atoms with E-state index in [0.29, 0.717) is 5.56 Å². The molecule has 16 heteroatoms. The van der Waals surface area contributed by atoms with Gasteiger partial charge in [-0.15, -0.1) is 0 Å². The Labute approximate surface area is 323 Å². The van der Waals surface area contributed by atoms with Crippen LogP contribution in [-0.4, -0.2) is 120 Å². The molecule has 16 nitrogen and oxygen atoms in total. The number of nitrogens with zero attached hydrogens (tertiary/aromatic N) is 2. The van der Waals surface area contributed by atoms with E-state index in [0.717, 1.165) is 19.3 Å². The van der Waals surface area contributed by atoms with E-state index in [1.165, 1.54) is 9.80 Å². The lowest BCUT2D eigenvalue weighted by Crippen LogP contribution is -2.61. The number of fused-ring (bicyclic) bond motifs is 1. The summed E-state index contributed by atoms with van der Waals surface area (Å²) in [5.41, 5.74) is -1.11. The zero-order valence-electron chi connectivity index (χ0n) is 33.6. The standard InChI is InChI=1S/C39H58N6O10/c1-37(2,3)31(43-36(52)55-38(4,5)6)35(51)45-21-25-30(54-39(7,8)53-25)28(45)32(48)41-24(19-22-15-14-16-22)29(47)33(49)40-20-26(46)42-27(34(50)44(9)10)23-17-12-11-13-18-23/h11-13,17-18,22,24-25,27-28,30-31H,14-16,19-21H2,1-10H3,(H,40,49)(H,41,48)(H,42,46)(H,43,52)/t24-,25+,27+,28+,30+,31-/m1/s1. The van der Waals surface area contributed by atoms with Gasteiger partial charge < -0.3 is 45.3 Å². The Morgan fingerprint density at radius 1 is 0.927 bits per heavy atom. The average Bonchev–Trinajstić information content (AvgIpc) is 3.55. The van der Waals surface area contributed by atoms with E-state index in [9.17, 15) is 33.6 Å². The molecule has 0 unspecified atom stereocenters. The monoisotopic (exact) mass is 770 g/mol. The molecule has 1 aromatic rings. The van der Waals surface area contributed by atoms with Crippen LogP contribution in [0.5, 0.6) is 0 Å². The van der Waals surface area contributed by atoms with Crippen molar-refractivity contribution in [3.8, 4) is 0 Å². The molecule has 1 saturated carbocycles. The number of Topliss-reactive ketones (excluding diaryl/α,β-unsaturated/α-hetero) is 1. The van der Waals surface area contributed by atoms with E-state index in [1.807, 2.05) is 0 Å². The maximum atomic E-state index is 14.3. The highest BCUT2D eigenvalue weighted by atomic mass is 16.8. The van der Waals surface area contributed by atoms with Crippen LogP contribution in [0.3, 0.4) is 0 Å². The summed E-state index contributed by atoms with van der Waals surface area (Å²) in [4.78, 5) is 97.0. The summed E-state index contributed by atoms with van der Waals surface area (Å²) in [7, 11) is 3.11. The highest BCUT2D eigenvalue weighted by Gasteiger charge is 2.58. The first-order chi connectivity index (χ1) is 25.5. The first kappa shape index (κ1) is 43.2. The molecule has 6 amide bonds. The smallest absolute Gasteiger partial charge is 0.408 e. The minimum Gasteiger partial charge on any atom is -0.444 e. The van der Waals surface area contributed by atoms with Crippen LogP contribution in [0, 0.1) is 11.3 Å². The maximum Gasteiger partial charge on any atom is 0.408 e. The Hall–Kier alpha value is -4.57. The van der Waals surface area contributed by atoms with Crippen molar-refractivity contribution < 1.29 is 47.8 Å². The number of hydrogen-bond acceptors (Lipinski definition) is 10. The predicted molar refractivity (Wildman–Crippen MR) is 200 cm³/mol. The minimum absolute atomic E-state index is 0.0370. The van der Waals surface area contributed by atoms with E-state index in [-0.39, 0.29) is 24.8 Å². The number of ether oxygens (including phenoxy) is 3. The topological polar surface area (TPSA) is 202 Å². The normalized spacial score (nSPS) is 22.2. The van der Waals surface area contributed by atoms with Crippen molar-refractivity contribution in [3.05, 3.63) is 35.9 Å². The van der Waals surface area contributed by atoms with Crippen molar-refractivity contribution in [1.29, 1.82) is 0 Å². The van der Waals surface area contributed by atoms with Crippen LogP contribution in [-0.2, 0) is 43.0 Å². The van der Waals surface area contributed by atoms with Gasteiger partial charge in [0.15, 0.2) is 5.79 Å². The van der Waals surface area contributed by atoms with Crippen molar-refractivity contribution in [2.75, 3.05) is 27.2 Å². The highest BCUT2D eigenvalue weighted by molar-refractivity contribution is 6.38. The van der Waals surface area contributed by atoms with E-state index in [1.54, 1.807) is 99.8 Å². The van der Waals surface area contributed by atoms with Crippen LogP contribution >= 0.6 is 0 Å². The molecule has 2 heterocycles. The molecule has 0 radical (unpaired) electrons. The molecule has 55 heavy (non-hydrogen) atoms. The second-order valence-electron chi connectivity index (χ2n) is 17.3. The first-order valence-electron chi connectivity index (χ1n) is 18.8. The van der Waals surface area contributed by atoms with Crippen LogP contribution in [0.2, 0.25) is 0 Å². The Morgan fingerprint density at radius 3 is 2.11 bits per heavy atom. The van der Waals surface area contributed by atoms with Gasteiger partial charge in [0.1, 0.15) is 35.9 Å². The number of ketones is 1. The van der Waals surface area contributed by atoms with Gasteiger partial charge in [0.25, 0.3) is 5.91 Å². The molecule has 2 aliphatic heterocycles. The quantitative estimate of drug-likeness (QED) is 0.215. The summed E-state index contributed by atoms with van der Waals surface area (Å²) in [5, 5.41) is 10.4. The largest absolute Gasteiger partial charge is 0.444 e. The lowest BCUT2D eigenvalue weighted by Gasteiger charge is -2.37.